The normalized spacial score (nSPS) is 14.7. The first-order chi connectivity index (χ1) is 12.9. The van der Waals surface area contributed by atoms with Crippen molar-refractivity contribution < 1.29 is 4.79 Å². The molecule has 1 amide bonds. The Bertz CT molecular complexity index is 855. The number of rotatable bonds is 3. The maximum atomic E-state index is 12.3. The quantitative estimate of drug-likeness (QED) is 0.482. The number of amides is 1. The first-order valence-electron chi connectivity index (χ1n) is 8.54. The van der Waals surface area contributed by atoms with Crippen molar-refractivity contribution in [3.8, 4) is 0 Å². The molecular formula is C19H20ClIN4OS. The Morgan fingerprint density at radius 1 is 1.15 bits per heavy atom. The van der Waals surface area contributed by atoms with Gasteiger partial charge >= 0.3 is 0 Å². The van der Waals surface area contributed by atoms with Gasteiger partial charge in [-0.1, -0.05) is 23.7 Å². The zero-order valence-corrected chi connectivity index (χ0v) is 18.6. The van der Waals surface area contributed by atoms with Crippen LogP contribution in [0.4, 0.5) is 11.4 Å². The van der Waals surface area contributed by atoms with Crippen molar-refractivity contribution >= 4 is 68.8 Å². The molecule has 0 aromatic heterocycles. The molecule has 2 aromatic carbocycles. The number of nitrogens with one attached hydrogen (secondary N) is 2. The summed E-state index contributed by atoms with van der Waals surface area (Å²) in [6.07, 6.45) is 0. The number of carbonyl (C=O) groups excluding carboxylic acids is 1. The molecule has 1 aliphatic heterocycles. The highest BCUT2D eigenvalue weighted by Gasteiger charge is 2.17. The molecule has 0 aliphatic carbocycles. The second-order valence-electron chi connectivity index (χ2n) is 6.34. The lowest BCUT2D eigenvalue weighted by atomic mass is 10.2. The molecule has 2 N–H and O–H groups in total. The summed E-state index contributed by atoms with van der Waals surface area (Å²) >= 11 is 13.9. The van der Waals surface area contributed by atoms with Crippen LogP contribution in [0.1, 0.15) is 10.4 Å². The van der Waals surface area contributed by atoms with Gasteiger partial charge in [-0.2, -0.15) is 0 Å². The Hall–Kier alpha value is -1.42. The summed E-state index contributed by atoms with van der Waals surface area (Å²) in [6.45, 7) is 3.94. The SMILES string of the molecule is CN1CCN(c2ccc(NC(=S)NC(=O)c3ccccc3I)cc2Cl)CC1. The van der Waals surface area contributed by atoms with Crippen molar-refractivity contribution in [1.29, 1.82) is 0 Å². The number of nitrogens with zero attached hydrogens (tertiary/aromatic N) is 2. The van der Waals surface area contributed by atoms with E-state index in [1.54, 1.807) is 6.07 Å². The number of halogens is 2. The molecule has 27 heavy (non-hydrogen) atoms. The lowest BCUT2D eigenvalue weighted by Crippen LogP contribution is -2.44. The summed E-state index contributed by atoms with van der Waals surface area (Å²) < 4.78 is 0.870. The molecule has 142 valence electrons. The van der Waals surface area contributed by atoms with Crippen LogP contribution in [0.2, 0.25) is 5.02 Å². The molecular weight excluding hydrogens is 495 g/mol. The van der Waals surface area contributed by atoms with Gasteiger partial charge in [0.25, 0.3) is 5.91 Å². The fourth-order valence-electron chi connectivity index (χ4n) is 2.87. The zero-order chi connectivity index (χ0) is 19.4. The fraction of sp³-hybridized carbons (Fsp3) is 0.263. The van der Waals surface area contributed by atoms with Gasteiger partial charge in [0.2, 0.25) is 0 Å². The highest BCUT2D eigenvalue weighted by atomic mass is 127. The number of hydrogen-bond donors (Lipinski definition) is 2. The molecule has 2 aromatic rings. The van der Waals surface area contributed by atoms with Gasteiger partial charge in [0.15, 0.2) is 5.11 Å². The molecule has 1 saturated heterocycles. The second kappa shape index (κ2) is 9.18. The van der Waals surface area contributed by atoms with Gasteiger partial charge in [0.05, 0.1) is 16.3 Å². The van der Waals surface area contributed by atoms with Crippen molar-refractivity contribution in [2.75, 3.05) is 43.4 Å². The van der Waals surface area contributed by atoms with Crippen molar-refractivity contribution in [2.24, 2.45) is 0 Å². The average Bonchev–Trinajstić information content (AvgIpc) is 2.63. The first kappa shape index (κ1) is 20.3. The van der Waals surface area contributed by atoms with Crippen LogP contribution in [-0.4, -0.2) is 49.1 Å². The predicted molar refractivity (Wildman–Crippen MR) is 124 cm³/mol. The van der Waals surface area contributed by atoms with E-state index in [1.165, 1.54) is 0 Å². The van der Waals surface area contributed by atoms with E-state index in [1.807, 2.05) is 36.4 Å². The van der Waals surface area contributed by atoms with Crippen LogP contribution >= 0.6 is 46.4 Å². The lowest BCUT2D eigenvalue weighted by molar-refractivity contribution is 0.0977. The van der Waals surface area contributed by atoms with E-state index in [9.17, 15) is 4.79 Å². The van der Waals surface area contributed by atoms with Crippen LogP contribution in [-0.2, 0) is 0 Å². The van der Waals surface area contributed by atoms with E-state index < -0.39 is 0 Å². The van der Waals surface area contributed by atoms with E-state index in [0.717, 1.165) is 41.1 Å². The minimum absolute atomic E-state index is 0.238. The van der Waals surface area contributed by atoms with Gasteiger partial charge in [-0.25, -0.2) is 0 Å². The van der Waals surface area contributed by atoms with Crippen LogP contribution in [0.25, 0.3) is 0 Å². The molecule has 0 unspecified atom stereocenters. The van der Waals surface area contributed by atoms with Crippen LogP contribution < -0.4 is 15.5 Å². The minimum Gasteiger partial charge on any atom is -0.368 e. The summed E-state index contributed by atoms with van der Waals surface area (Å²) in [4.78, 5) is 16.9. The smallest absolute Gasteiger partial charge is 0.258 e. The third-order valence-electron chi connectivity index (χ3n) is 4.40. The molecule has 1 fully saturated rings. The van der Waals surface area contributed by atoms with Crippen LogP contribution in [0, 0.1) is 3.57 Å². The van der Waals surface area contributed by atoms with Gasteiger partial charge in [-0.15, -0.1) is 0 Å². The average molecular weight is 515 g/mol. The lowest BCUT2D eigenvalue weighted by Gasteiger charge is -2.34. The van der Waals surface area contributed by atoms with Crippen LogP contribution in [0.15, 0.2) is 42.5 Å². The Morgan fingerprint density at radius 3 is 2.52 bits per heavy atom. The maximum Gasteiger partial charge on any atom is 0.258 e. The maximum absolute atomic E-state index is 12.3. The Morgan fingerprint density at radius 2 is 1.85 bits per heavy atom. The fourth-order valence-corrected chi connectivity index (χ4v) is 4.01. The number of carbonyl (C=O) groups is 1. The monoisotopic (exact) mass is 514 g/mol. The van der Waals surface area contributed by atoms with Gasteiger partial charge in [0, 0.05) is 35.4 Å². The van der Waals surface area contributed by atoms with E-state index in [2.05, 4.69) is 50.1 Å². The molecule has 0 spiro atoms. The molecule has 1 aliphatic rings. The molecule has 1 heterocycles. The van der Waals surface area contributed by atoms with Gasteiger partial charge in [0.1, 0.15) is 0 Å². The zero-order valence-electron chi connectivity index (χ0n) is 14.8. The predicted octanol–water partition coefficient (Wildman–Crippen LogP) is 3.82. The van der Waals surface area contributed by atoms with Crippen molar-refractivity contribution in [3.63, 3.8) is 0 Å². The number of benzene rings is 2. The summed E-state index contributed by atoms with van der Waals surface area (Å²) in [6, 6.07) is 13.1. The molecule has 3 rings (SSSR count). The third-order valence-corrected chi connectivity index (χ3v) is 5.84. The number of thiocarbonyl (C=S) groups is 1. The Labute approximate surface area is 183 Å². The summed E-state index contributed by atoms with van der Waals surface area (Å²) in [5, 5.41) is 6.63. The van der Waals surface area contributed by atoms with Gasteiger partial charge in [-0.3, -0.25) is 10.1 Å². The molecule has 0 radical (unpaired) electrons. The molecule has 0 bridgehead atoms. The van der Waals surface area contributed by atoms with E-state index in [-0.39, 0.29) is 11.0 Å². The number of likely N-dealkylation sites (N-methyl/N-ethyl adjacent to an activating group) is 1. The first-order valence-corrected chi connectivity index (χ1v) is 10.4. The number of hydrogen-bond acceptors (Lipinski definition) is 4. The highest BCUT2D eigenvalue weighted by Crippen LogP contribution is 2.29. The highest BCUT2D eigenvalue weighted by molar-refractivity contribution is 14.1. The van der Waals surface area contributed by atoms with Crippen LogP contribution in [0.3, 0.4) is 0 Å². The number of anilines is 2. The standard InChI is InChI=1S/C19H20ClIN4OS/c1-24-8-10-25(11-9-24)17-7-6-13(12-15(17)20)22-19(27)23-18(26)14-4-2-3-5-16(14)21/h2-7,12H,8-11H2,1H3,(H2,22,23,26,27). The van der Waals surface area contributed by atoms with Crippen molar-refractivity contribution in [3.05, 3.63) is 56.6 Å². The van der Waals surface area contributed by atoms with E-state index in [4.69, 9.17) is 23.8 Å². The van der Waals surface area contributed by atoms with E-state index in [0.29, 0.717) is 10.6 Å². The molecule has 8 heteroatoms. The van der Waals surface area contributed by atoms with Crippen molar-refractivity contribution in [2.45, 2.75) is 0 Å². The Kier molecular flexibility index (Phi) is 6.91. The van der Waals surface area contributed by atoms with Gasteiger partial charge < -0.3 is 15.1 Å². The van der Waals surface area contributed by atoms with Crippen LogP contribution in [0.5, 0.6) is 0 Å². The Balaban J connectivity index is 1.62. The van der Waals surface area contributed by atoms with Crippen molar-refractivity contribution in [1.82, 2.24) is 10.2 Å². The summed E-state index contributed by atoms with van der Waals surface area (Å²) in [5.41, 5.74) is 2.35. The second-order valence-corrected chi connectivity index (χ2v) is 8.32. The molecule has 5 nitrogen and oxygen atoms in total. The topological polar surface area (TPSA) is 47.6 Å². The van der Waals surface area contributed by atoms with E-state index >= 15 is 0 Å². The molecule has 0 atom stereocenters. The summed E-state index contributed by atoms with van der Waals surface area (Å²) in [7, 11) is 2.12. The van der Waals surface area contributed by atoms with Gasteiger partial charge in [-0.05, 0) is 72.2 Å². The number of piperazine rings is 1. The minimum atomic E-state index is -0.238. The third kappa shape index (κ3) is 5.31. The summed E-state index contributed by atoms with van der Waals surface area (Å²) in [5.74, 6) is -0.238. The molecule has 0 saturated carbocycles. The largest absolute Gasteiger partial charge is 0.368 e.